The van der Waals surface area contributed by atoms with Crippen LogP contribution in [-0.2, 0) is 9.59 Å². The number of hydrogen-bond acceptors (Lipinski definition) is 4. The van der Waals surface area contributed by atoms with Crippen LogP contribution < -0.4 is 5.32 Å². The fourth-order valence-corrected chi connectivity index (χ4v) is 3.95. The van der Waals surface area contributed by atoms with Gasteiger partial charge in [0.1, 0.15) is 0 Å². The van der Waals surface area contributed by atoms with Crippen molar-refractivity contribution >= 4 is 23.6 Å². The van der Waals surface area contributed by atoms with Crippen molar-refractivity contribution in [2.45, 2.75) is 51.6 Å². The minimum absolute atomic E-state index is 0.144. The summed E-state index contributed by atoms with van der Waals surface area (Å²) in [4.78, 5) is 28.6. The number of nitrogens with one attached hydrogen (secondary N) is 1. The molecule has 1 heterocycles. The minimum atomic E-state index is 0.144. The van der Waals surface area contributed by atoms with Crippen LogP contribution in [0.2, 0.25) is 0 Å². The van der Waals surface area contributed by atoms with Crippen LogP contribution in [0.1, 0.15) is 39.5 Å². The predicted octanol–water partition coefficient (Wildman–Crippen LogP) is 1.89. The van der Waals surface area contributed by atoms with E-state index in [0.717, 1.165) is 51.0 Å². The van der Waals surface area contributed by atoms with Gasteiger partial charge in [-0.05, 0) is 38.9 Å². The number of nitrogens with zero attached hydrogens (tertiary/aromatic N) is 2. The molecule has 0 aromatic carbocycles. The zero-order valence-electron chi connectivity index (χ0n) is 15.2. The van der Waals surface area contributed by atoms with Crippen molar-refractivity contribution in [1.29, 1.82) is 0 Å². The Morgan fingerprint density at radius 2 is 1.92 bits per heavy atom. The number of allylic oxidation sites excluding steroid dienone is 1. The Morgan fingerprint density at radius 1 is 1.21 bits per heavy atom. The molecule has 1 N–H and O–H groups in total. The lowest BCUT2D eigenvalue weighted by atomic mass is 10.1. The molecular weight excluding hydrogens is 322 g/mol. The Hall–Kier alpha value is -1.01. The van der Waals surface area contributed by atoms with Gasteiger partial charge in [-0.1, -0.05) is 12.5 Å². The molecule has 6 heteroatoms. The highest BCUT2D eigenvalue weighted by Crippen LogP contribution is 2.25. The summed E-state index contributed by atoms with van der Waals surface area (Å²) in [6.07, 6.45) is 8.04. The lowest BCUT2D eigenvalue weighted by molar-refractivity contribution is -0.128. The third-order valence-corrected chi connectivity index (χ3v) is 5.67. The van der Waals surface area contributed by atoms with E-state index >= 15 is 0 Å². The molecule has 1 saturated carbocycles. The van der Waals surface area contributed by atoms with Gasteiger partial charge in [-0.25, -0.2) is 0 Å². The van der Waals surface area contributed by atoms with Gasteiger partial charge in [0.05, 0.1) is 5.75 Å². The molecule has 2 atom stereocenters. The van der Waals surface area contributed by atoms with E-state index in [1.165, 1.54) is 6.42 Å². The Labute approximate surface area is 150 Å². The van der Waals surface area contributed by atoms with Crippen molar-refractivity contribution in [3.05, 3.63) is 11.6 Å². The van der Waals surface area contributed by atoms with Gasteiger partial charge in [0.15, 0.2) is 0 Å². The zero-order valence-corrected chi connectivity index (χ0v) is 16.0. The largest absolute Gasteiger partial charge is 0.351 e. The van der Waals surface area contributed by atoms with E-state index in [9.17, 15) is 9.59 Å². The molecule has 5 nitrogen and oxygen atoms in total. The average Bonchev–Trinajstić information content (AvgIpc) is 3.03. The van der Waals surface area contributed by atoms with Gasteiger partial charge in [0.25, 0.3) is 0 Å². The topological polar surface area (TPSA) is 52.7 Å². The number of piperazine rings is 1. The molecule has 136 valence electrons. The van der Waals surface area contributed by atoms with E-state index in [1.807, 2.05) is 18.1 Å². The molecule has 0 radical (unpaired) electrons. The van der Waals surface area contributed by atoms with Gasteiger partial charge >= 0.3 is 0 Å². The van der Waals surface area contributed by atoms with Crippen LogP contribution in [0, 0.1) is 0 Å². The third-order valence-electron chi connectivity index (χ3n) is 5.12. The highest BCUT2D eigenvalue weighted by molar-refractivity contribution is 7.99. The molecule has 0 aromatic heterocycles. The van der Waals surface area contributed by atoms with Crippen LogP contribution in [0.25, 0.3) is 0 Å². The summed E-state index contributed by atoms with van der Waals surface area (Å²) in [6, 6.07) is 0.704. The van der Waals surface area contributed by atoms with Crippen molar-refractivity contribution in [3.63, 3.8) is 0 Å². The zero-order chi connectivity index (χ0) is 17.5. The highest BCUT2D eigenvalue weighted by atomic mass is 32.2. The third kappa shape index (κ3) is 5.24. The first-order valence-corrected chi connectivity index (χ1v) is 10.4. The van der Waals surface area contributed by atoms with E-state index in [0.29, 0.717) is 11.8 Å². The Kier molecular flexibility index (Phi) is 7.62. The molecule has 2 fully saturated rings. The predicted molar refractivity (Wildman–Crippen MR) is 100 cm³/mol. The number of thioether (sulfide) groups is 1. The second-order valence-corrected chi connectivity index (χ2v) is 7.68. The first kappa shape index (κ1) is 19.3. The summed E-state index contributed by atoms with van der Waals surface area (Å²) in [5, 5.41) is 3.20. The van der Waals surface area contributed by atoms with Crippen LogP contribution in [0.15, 0.2) is 11.6 Å². The maximum Gasteiger partial charge on any atom is 0.246 e. The molecule has 1 aliphatic carbocycles. The van der Waals surface area contributed by atoms with Crippen LogP contribution in [0.5, 0.6) is 0 Å². The van der Waals surface area contributed by atoms with Crippen LogP contribution in [0.4, 0.5) is 0 Å². The molecule has 0 aromatic rings. The highest BCUT2D eigenvalue weighted by Gasteiger charge is 2.34. The quantitative estimate of drug-likeness (QED) is 0.741. The normalized spacial score (nSPS) is 25.8. The second-order valence-electron chi connectivity index (χ2n) is 6.81. The fourth-order valence-electron chi connectivity index (χ4n) is 3.60. The van der Waals surface area contributed by atoms with Crippen molar-refractivity contribution in [2.75, 3.05) is 38.2 Å². The molecule has 2 aliphatic rings. The second kappa shape index (κ2) is 9.47. The van der Waals surface area contributed by atoms with Gasteiger partial charge < -0.3 is 10.2 Å². The number of hydrogen-bond donors (Lipinski definition) is 1. The maximum absolute atomic E-state index is 12.2. The molecule has 24 heavy (non-hydrogen) atoms. The van der Waals surface area contributed by atoms with Gasteiger partial charge in [0.2, 0.25) is 11.8 Å². The average molecular weight is 354 g/mol. The lowest BCUT2D eigenvalue weighted by Crippen LogP contribution is -2.56. The lowest BCUT2D eigenvalue weighted by Gasteiger charge is -2.40. The SMILES string of the molecule is CC/C(C)=C/C(=O)N1CCN([C@@H]2CCC[C@@H]2NC(=O)CSC)CC1. The smallest absolute Gasteiger partial charge is 0.246 e. The van der Waals surface area contributed by atoms with Gasteiger partial charge in [-0.3, -0.25) is 14.5 Å². The summed E-state index contributed by atoms with van der Waals surface area (Å²) in [5.41, 5.74) is 1.13. The van der Waals surface area contributed by atoms with Crippen molar-refractivity contribution in [3.8, 4) is 0 Å². The molecule has 2 rings (SSSR count). The van der Waals surface area contributed by atoms with E-state index in [4.69, 9.17) is 0 Å². The van der Waals surface area contributed by atoms with Crippen molar-refractivity contribution < 1.29 is 9.59 Å². The standard InChI is InChI=1S/C18H31N3O2S/c1-4-14(2)12-18(23)21-10-8-20(9-11-21)16-7-5-6-15(16)19-17(22)13-24-3/h12,15-16H,4-11,13H2,1-3H3,(H,19,22)/b14-12+/t15-,16+/m0/s1. The monoisotopic (exact) mass is 353 g/mol. The Bertz CT molecular complexity index is 473. The summed E-state index contributed by atoms with van der Waals surface area (Å²) < 4.78 is 0. The van der Waals surface area contributed by atoms with E-state index in [2.05, 4.69) is 17.1 Å². The van der Waals surface area contributed by atoms with Crippen molar-refractivity contribution in [1.82, 2.24) is 15.1 Å². The minimum Gasteiger partial charge on any atom is -0.351 e. The van der Waals surface area contributed by atoms with Gasteiger partial charge in [-0.2, -0.15) is 11.8 Å². The fraction of sp³-hybridized carbons (Fsp3) is 0.778. The number of carbonyl (C=O) groups excluding carboxylic acids is 2. The van der Waals surface area contributed by atoms with E-state index < -0.39 is 0 Å². The van der Waals surface area contributed by atoms with Gasteiger partial charge in [0, 0.05) is 44.3 Å². The first-order valence-electron chi connectivity index (χ1n) is 9.03. The molecule has 0 bridgehead atoms. The Balaban J connectivity index is 1.85. The number of rotatable bonds is 6. The summed E-state index contributed by atoms with van der Waals surface area (Å²) in [6.45, 7) is 7.47. The summed E-state index contributed by atoms with van der Waals surface area (Å²) in [7, 11) is 0. The first-order chi connectivity index (χ1) is 11.5. The number of carbonyl (C=O) groups is 2. The number of amides is 2. The molecule has 1 aliphatic heterocycles. The molecule has 0 spiro atoms. The molecule has 0 unspecified atom stereocenters. The van der Waals surface area contributed by atoms with Crippen LogP contribution in [-0.4, -0.2) is 71.9 Å². The van der Waals surface area contributed by atoms with E-state index in [1.54, 1.807) is 17.8 Å². The summed E-state index contributed by atoms with van der Waals surface area (Å²) in [5.74, 6) is 0.827. The van der Waals surface area contributed by atoms with E-state index in [-0.39, 0.29) is 17.9 Å². The Morgan fingerprint density at radius 3 is 2.54 bits per heavy atom. The van der Waals surface area contributed by atoms with Gasteiger partial charge in [-0.15, -0.1) is 0 Å². The van der Waals surface area contributed by atoms with Crippen LogP contribution in [0.3, 0.4) is 0 Å². The molecule has 1 saturated heterocycles. The summed E-state index contributed by atoms with van der Waals surface area (Å²) >= 11 is 1.56. The van der Waals surface area contributed by atoms with Crippen LogP contribution >= 0.6 is 11.8 Å². The van der Waals surface area contributed by atoms with Crippen molar-refractivity contribution in [2.24, 2.45) is 0 Å². The maximum atomic E-state index is 12.2. The molecular formula is C18H31N3O2S. The molecule has 2 amide bonds.